The lowest BCUT2D eigenvalue weighted by Gasteiger charge is -2.15. The molecule has 0 saturated carbocycles. The Balaban J connectivity index is 3.65. The van der Waals surface area contributed by atoms with Crippen LogP contribution in [0.3, 0.4) is 0 Å². The number of hydrogen-bond donors (Lipinski definition) is 0. The number of alkyl halides is 2. The van der Waals surface area contributed by atoms with Gasteiger partial charge in [0.1, 0.15) is 9.52 Å². The summed E-state index contributed by atoms with van der Waals surface area (Å²) in [6.07, 6.45) is 0.844. The van der Waals surface area contributed by atoms with Crippen molar-refractivity contribution in [2.75, 3.05) is 0 Å². The Bertz CT molecular complexity index is 157. The minimum atomic E-state index is -5.59. The van der Waals surface area contributed by atoms with Gasteiger partial charge < -0.3 is 0 Å². The third kappa shape index (κ3) is 8.67. The summed E-state index contributed by atoms with van der Waals surface area (Å²) < 4.78 is 61.2. The Hall–Kier alpha value is 0.0838. The summed E-state index contributed by atoms with van der Waals surface area (Å²) in [4.78, 5) is 0. The van der Waals surface area contributed by atoms with E-state index < -0.39 is 30.2 Å². The molecule has 7 heteroatoms. The van der Waals surface area contributed by atoms with E-state index in [9.17, 15) is 21.1 Å². The average Bonchev–Trinajstić information content (AvgIpc) is 1.98. The Labute approximate surface area is 84.2 Å². The van der Waals surface area contributed by atoms with Crippen LogP contribution in [0.5, 0.6) is 0 Å². The summed E-state index contributed by atoms with van der Waals surface area (Å²) in [6, 6.07) is -1.20. The van der Waals surface area contributed by atoms with Gasteiger partial charge in [0.15, 0.2) is 0 Å². The summed E-state index contributed by atoms with van der Waals surface area (Å²) in [7, 11) is -7.47. The van der Waals surface area contributed by atoms with Crippen molar-refractivity contribution in [2.24, 2.45) is 0 Å². The molecule has 0 N–H and O–H groups in total. The molecule has 0 saturated heterocycles. The average molecular weight is 250 g/mol. The first-order valence-electron chi connectivity index (χ1n) is 4.71. The summed E-state index contributed by atoms with van der Waals surface area (Å²) in [5.41, 5.74) is -2.77. The van der Waals surface area contributed by atoms with Crippen LogP contribution in [0, 0.1) is 0 Å². The highest BCUT2D eigenvalue weighted by Crippen LogP contribution is 2.24. The Kier molecular flexibility index (Phi) is 5.88. The van der Waals surface area contributed by atoms with Crippen molar-refractivity contribution in [1.29, 1.82) is 0 Å². The van der Waals surface area contributed by atoms with Crippen molar-refractivity contribution in [1.82, 2.24) is 0 Å². The SMILES string of the molecule is CCCCC(F)(F)[SiH2]CC[Si](F)(F)F. The molecule has 0 aromatic heterocycles. The predicted octanol–water partition coefficient (Wildman–Crippen LogP) is 3.20. The molecule has 0 bridgehead atoms. The maximum atomic E-state index is 12.9. The zero-order chi connectivity index (χ0) is 11.2. The number of unbranched alkanes of at least 4 members (excludes halogenated alkanes) is 1. The van der Waals surface area contributed by atoms with Gasteiger partial charge in [-0.1, -0.05) is 19.4 Å². The first kappa shape index (κ1) is 14.1. The second kappa shape index (κ2) is 5.84. The molecule has 0 amide bonds. The monoisotopic (exact) mass is 250 g/mol. The summed E-state index contributed by atoms with van der Waals surface area (Å²) in [5, 5.41) is 0. The highest BCUT2D eigenvalue weighted by Gasteiger charge is 2.37. The minimum Gasteiger partial charge on any atom is -0.238 e. The van der Waals surface area contributed by atoms with Gasteiger partial charge in [-0.3, -0.25) is 0 Å². The molecular formula is C7H15F5Si2. The molecule has 0 aliphatic heterocycles. The van der Waals surface area contributed by atoms with Crippen molar-refractivity contribution >= 4 is 18.6 Å². The van der Waals surface area contributed by atoms with Gasteiger partial charge in [0.05, 0.1) is 0 Å². The first-order chi connectivity index (χ1) is 6.27. The molecule has 0 aromatic carbocycles. The van der Waals surface area contributed by atoms with Crippen LogP contribution < -0.4 is 0 Å². The smallest absolute Gasteiger partial charge is 0.238 e. The lowest BCUT2D eigenvalue weighted by Crippen LogP contribution is -2.26. The summed E-state index contributed by atoms with van der Waals surface area (Å²) >= 11 is 0. The topological polar surface area (TPSA) is 0 Å². The molecule has 0 fully saturated rings. The van der Waals surface area contributed by atoms with E-state index in [0.717, 1.165) is 0 Å². The lowest BCUT2D eigenvalue weighted by molar-refractivity contribution is 0.0778. The molecule has 0 rings (SSSR count). The molecule has 0 unspecified atom stereocenters. The molecule has 0 atom stereocenters. The van der Waals surface area contributed by atoms with Crippen LogP contribution in [0.2, 0.25) is 12.1 Å². The summed E-state index contributed by atoms with van der Waals surface area (Å²) in [5.74, 6) is 0. The van der Waals surface area contributed by atoms with E-state index in [1.165, 1.54) is 0 Å². The van der Waals surface area contributed by atoms with E-state index in [4.69, 9.17) is 0 Å². The molecule has 0 heterocycles. The van der Waals surface area contributed by atoms with Crippen LogP contribution in [0.15, 0.2) is 0 Å². The standard InChI is InChI=1S/C7H15F5Si2/c1-2-3-4-7(8,9)13-5-6-14(10,11)12/h2-6,13H2,1H3. The summed E-state index contributed by atoms with van der Waals surface area (Å²) in [6.45, 7) is 1.79. The van der Waals surface area contributed by atoms with Gasteiger partial charge in [-0.15, -0.1) is 0 Å². The predicted molar refractivity (Wildman–Crippen MR) is 51.7 cm³/mol. The van der Waals surface area contributed by atoms with Crippen molar-refractivity contribution in [2.45, 2.75) is 43.8 Å². The van der Waals surface area contributed by atoms with Gasteiger partial charge >= 0.3 is 9.08 Å². The molecule has 14 heavy (non-hydrogen) atoms. The van der Waals surface area contributed by atoms with E-state index in [1.54, 1.807) is 6.92 Å². The fourth-order valence-corrected chi connectivity index (χ4v) is 4.44. The zero-order valence-electron chi connectivity index (χ0n) is 8.13. The van der Waals surface area contributed by atoms with Crippen molar-refractivity contribution in [3.8, 4) is 0 Å². The highest BCUT2D eigenvalue weighted by atomic mass is 28.5. The molecule has 0 aliphatic rings. The molecule has 86 valence electrons. The van der Waals surface area contributed by atoms with E-state index in [1.807, 2.05) is 0 Å². The van der Waals surface area contributed by atoms with Crippen LogP contribution in [0.1, 0.15) is 26.2 Å². The van der Waals surface area contributed by atoms with Gasteiger partial charge in [0.2, 0.25) is 5.55 Å². The van der Waals surface area contributed by atoms with Gasteiger partial charge in [0.25, 0.3) is 0 Å². The Morgan fingerprint density at radius 1 is 1.21 bits per heavy atom. The van der Waals surface area contributed by atoms with Crippen molar-refractivity contribution in [3.05, 3.63) is 0 Å². The van der Waals surface area contributed by atoms with Gasteiger partial charge in [-0.2, -0.15) is 0 Å². The zero-order valence-corrected chi connectivity index (χ0v) is 10.5. The second-order valence-corrected chi connectivity index (χ2v) is 7.40. The van der Waals surface area contributed by atoms with Gasteiger partial charge in [-0.05, 0) is 6.42 Å². The highest BCUT2D eigenvalue weighted by molar-refractivity contribution is 6.60. The van der Waals surface area contributed by atoms with Gasteiger partial charge in [-0.25, -0.2) is 21.1 Å². The fraction of sp³-hybridized carbons (Fsp3) is 1.00. The number of halogens is 5. The van der Waals surface area contributed by atoms with E-state index in [-0.39, 0.29) is 12.5 Å². The third-order valence-corrected chi connectivity index (χ3v) is 5.32. The normalized spacial score (nSPS) is 14.1. The minimum absolute atomic E-state index is 0.227. The maximum Gasteiger partial charge on any atom is 0.615 e. The largest absolute Gasteiger partial charge is 0.615 e. The van der Waals surface area contributed by atoms with Crippen LogP contribution >= 0.6 is 0 Å². The van der Waals surface area contributed by atoms with Crippen LogP contribution in [-0.2, 0) is 0 Å². The molecular weight excluding hydrogens is 235 g/mol. The van der Waals surface area contributed by atoms with Gasteiger partial charge in [0, 0.05) is 12.5 Å². The molecule has 0 radical (unpaired) electrons. The van der Waals surface area contributed by atoms with E-state index in [0.29, 0.717) is 12.8 Å². The van der Waals surface area contributed by atoms with E-state index >= 15 is 0 Å². The lowest BCUT2D eigenvalue weighted by atomic mass is 10.3. The van der Waals surface area contributed by atoms with Crippen LogP contribution in [0.25, 0.3) is 0 Å². The Morgan fingerprint density at radius 2 is 1.79 bits per heavy atom. The number of rotatable bonds is 7. The Morgan fingerprint density at radius 3 is 2.21 bits per heavy atom. The molecule has 0 spiro atoms. The van der Waals surface area contributed by atoms with Crippen LogP contribution in [0.4, 0.5) is 21.1 Å². The fourth-order valence-electron chi connectivity index (χ4n) is 1.11. The van der Waals surface area contributed by atoms with Crippen LogP contribution in [-0.4, -0.2) is 24.1 Å². The van der Waals surface area contributed by atoms with E-state index in [2.05, 4.69) is 0 Å². The maximum absolute atomic E-state index is 12.9. The molecule has 0 nitrogen and oxygen atoms in total. The number of hydrogen-bond acceptors (Lipinski definition) is 0. The van der Waals surface area contributed by atoms with Crippen molar-refractivity contribution in [3.63, 3.8) is 0 Å². The quantitative estimate of drug-likeness (QED) is 0.370. The first-order valence-corrected chi connectivity index (χ1v) is 8.26. The third-order valence-electron chi connectivity index (χ3n) is 1.90. The second-order valence-electron chi connectivity index (χ2n) is 3.43. The molecule has 0 aliphatic carbocycles. The van der Waals surface area contributed by atoms with Crippen molar-refractivity contribution < 1.29 is 21.1 Å². The molecule has 0 aromatic rings.